The van der Waals surface area contributed by atoms with Crippen LogP contribution in [-0.4, -0.2) is 48.8 Å². The lowest BCUT2D eigenvalue weighted by atomic mass is 10.2. The number of carbonyl (C=O) groups is 1. The molecule has 0 unspecified atom stereocenters. The Morgan fingerprint density at radius 1 is 1.24 bits per heavy atom. The molecule has 6 nitrogen and oxygen atoms in total. The van der Waals surface area contributed by atoms with Gasteiger partial charge in [-0.15, -0.1) is 0 Å². The van der Waals surface area contributed by atoms with Crippen molar-refractivity contribution in [3.63, 3.8) is 0 Å². The van der Waals surface area contributed by atoms with Gasteiger partial charge >= 0.3 is 0 Å². The molecule has 1 saturated heterocycles. The second-order valence-electron chi connectivity index (χ2n) is 7.19. The summed E-state index contributed by atoms with van der Waals surface area (Å²) in [4.78, 5) is 19.1. The number of aliphatic imine (C=N–C) groups is 1. The first-order valence-electron chi connectivity index (χ1n) is 9.13. The van der Waals surface area contributed by atoms with Gasteiger partial charge in [0.15, 0.2) is 15.0 Å². The zero-order valence-corrected chi connectivity index (χ0v) is 17.3. The number of hydrogen-bond donors (Lipinski definition) is 1. The maximum Gasteiger partial charge on any atom is 0.244 e. The van der Waals surface area contributed by atoms with E-state index < -0.39 is 9.84 Å². The highest BCUT2D eigenvalue weighted by Crippen LogP contribution is 2.36. The van der Waals surface area contributed by atoms with Crippen LogP contribution in [0.15, 0.2) is 53.5 Å². The molecule has 0 radical (unpaired) electrons. The molecule has 0 aliphatic carbocycles. The molecular formula is C20H20FN3O3S2. The highest BCUT2D eigenvalue weighted by atomic mass is 32.2. The van der Waals surface area contributed by atoms with Crippen LogP contribution < -0.4 is 10.2 Å². The average Bonchev–Trinajstić information content (AvgIpc) is 3.15. The van der Waals surface area contributed by atoms with Crippen molar-refractivity contribution in [2.24, 2.45) is 4.99 Å². The third-order valence-electron chi connectivity index (χ3n) is 4.78. The van der Waals surface area contributed by atoms with Gasteiger partial charge in [0.05, 0.1) is 17.5 Å². The zero-order valence-electron chi connectivity index (χ0n) is 15.7. The molecule has 1 amide bonds. The minimum absolute atomic E-state index is 0.0128. The molecule has 2 heterocycles. The standard InChI is InChI=1S/C20H20FN3O3S2/c1-13-3-2-4-16(9-13)24(10-19(25)22-15-7-5-14(21)6-8-15)20-23-17-11-29(26,27)12-18(17)28-20/h2-9,17-18H,10-12H2,1H3,(H,22,25)/t17-,18+/m0/s1. The normalized spacial score (nSPS) is 22.1. The summed E-state index contributed by atoms with van der Waals surface area (Å²) in [6.45, 7) is 1.98. The summed E-state index contributed by atoms with van der Waals surface area (Å²) >= 11 is 1.41. The lowest BCUT2D eigenvalue weighted by molar-refractivity contribution is -0.114. The van der Waals surface area contributed by atoms with Crippen LogP contribution in [0, 0.1) is 12.7 Å². The number of nitrogens with zero attached hydrogens (tertiary/aromatic N) is 2. The summed E-state index contributed by atoms with van der Waals surface area (Å²) in [6.07, 6.45) is 0. The summed E-state index contributed by atoms with van der Waals surface area (Å²) in [6, 6.07) is 13.0. The van der Waals surface area contributed by atoms with E-state index in [0.717, 1.165) is 11.3 Å². The largest absolute Gasteiger partial charge is 0.325 e. The summed E-state index contributed by atoms with van der Waals surface area (Å²) in [5.41, 5.74) is 2.36. The van der Waals surface area contributed by atoms with E-state index in [1.807, 2.05) is 36.1 Å². The Kier molecular flexibility index (Phi) is 5.35. The van der Waals surface area contributed by atoms with Crippen molar-refractivity contribution in [3.05, 3.63) is 59.9 Å². The number of carbonyl (C=O) groups excluding carboxylic acids is 1. The number of anilines is 2. The van der Waals surface area contributed by atoms with Crippen LogP contribution in [0.4, 0.5) is 15.8 Å². The van der Waals surface area contributed by atoms with Gasteiger partial charge in [-0.2, -0.15) is 0 Å². The second kappa shape index (κ2) is 7.79. The topological polar surface area (TPSA) is 78.8 Å². The van der Waals surface area contributed by atoms with Gasteiger partial charge in [0, 0.05) is 16.6 Å². The van der Waals surface area contributed by atoms with Crippen LogP contribution in [0.2, 0.25) is 0 Å². The Morgan fingerprint density at radius 3 is 2.69 bits per heavy atom. The van der Waals surface area contributed by atoms with Crippen LogP contribution >= 0.6 is 11.8 Å². The molecule has 4 rings (SSSR count). The van der Waals surface area contributed by atoms with E-state index in [4.69, 9.17) is 0 Å². The van der Waals surface area contributed by atoms with Gasteiger partial charge in [-0.25, -0.2) is 12.8 Å². The Bertz CT molecular complexity index is 1070. The number of halogens is 1. The van der Waals surface area contributed by atoms with Crippen molar-refractivity contribution in [1.82, 2.24) is 0 Å². The minimum Gasteiger partial charge on any atom is -0.325 e. The Balaban J connectivity index is 1.56. The van der Waals surface area contributed by atoms with E-state index in [9.17, 15) is 17.6 Å². The van der Waals surface area contributed by atoms with Crippen LogP contribution in [0.3, 0.4) is 0 Å². The number of hydrogen-bond acceptors (Lipinski definition) is 6. The molecule has 2 aliphatic rings. The van der Waals surface area contributed by atoms with E-state index in [0.29, 0.717) is 10.9 Å². The maximum atomic E-state index is 13.1. The molecule has 0 saturated carbocycles. The molecule has 0 aromatic heterocycles. The summed E-state index contributed by atoms with van der Waals surface area (Å²) in [5.74, 6) is -0.482. The predicted octanol–water partition coefficient (Wildman–Crippen LogP) is 2.85. The minimum atomic E-state index is -3.05. The van der Waals surface area contributed by atoms with E-state index in [1.165, 1.54) is 36.0 Å². The average molecular weight is 434 g/mol. The van der Waals surface area contributed by atoms with Crippen LogP contribution in [-0.2, 0) is 14.6 Å². The number of nitrogens with one attached hydrogen (secondary N) is 1. The first-order chi connectivity index (χ1) is 13.8. The first-order valence-corrected chi connectivity index (χ1v) is 11.8. The summed E-state index contributed by atoms with van der Waals surface area (Å²) in [7, 11) is -3.05. The Labute approximate surface area is 173 Å². The van der Waals surface area contributed by atoms with Crippen molar-refractivity contribution in [1.29, 1.82) is 0 Å². The van der Waals surface area contributed by atoms with Gasteiger partial charge in [-0.1, -0.05) is 23.9 Å². The predicted molar refractivity (Wildman–Crippen MR) is 115 cm³/mol. The van der Waals surface area contributed by atoms with Gasteiger partial charge in [0.1, 0.15) is 12.4 Å². The second-order valence-corrected chi connectivity index (χ2v) is 10.6. The molecule has 29 heavy (non-hydrogen) atoms. The lowest BCUT2D eigenvalue weighted by Gasteiger charge is -2.24. The Morgan fingerprint density at radius 2 is 2.00 bits per heavy atom. The zero-order chi connectivity index (χ0) is 20.6. The molecule has 2 aromatic carbocycles. The van der Waals surface area contributed by atoms with Gasteiger partial charge in [-0.3, -0.25) is 9.79 Å². The highest BCUT2D eigenvalue weighted by molar-refractivity contribution is 8.15. The summed E-state index contributed by atoms with van der Waals surface area (Å²) < 4.78 is 36.8. The van der Waals surface area contributed by atoms with Crippen molar-refractivity contribution in [2.45, 2.75) is 18.2 Å². The number of amides is 1. The number of benzene rings is 2. The van der Waals surface area contributed by atoms with E-state index in [1.54, 1.807) is 0 Å². The van der Waals surface area contributed by atoms with Crippen molar-refractivity contribution in [3.8, 4) is 0 Å². The number of rotatable bonds is 4. The van der Waals surface area contributed by atoms with Gasteiger partial charge < -0.3 is 10.2 Å². The van der Waals surface area contributed by atoms with Crippen LogP contribution in [0.5, 0.6) is 0 Å². The summed E-state index contributed by atoms with van der Waals surface area (Å²) in [5, 5.41) is 3.30. The number of amidine groups is 1. The molecule has 152 valence electrons. The van der Waals surface area contributed by atoms with Gasteiger partial charge in [0.25, 0.3) is 0 Å². The maximum absolute atomic E-state index is 13.1. The van der Waals surface area contributed by atoms with Crippen LogP contribution in [0.1, 0.15) is 5.56 Å². The monoisotopic (exact) mass is 433 g/mol. The molecule has 0 bridgehead atoms. The molecule has 1 N–H and O–H groups in total. The van der Waals surface area contributed by atoms with Crippen LogP contribution in [0.25, 0.3) is 0 Å². The molecule has 1 fully saturated rings. The molecule has 9 heteroatoms. The molecule has 2 aliphatic heterocycles. The smallest absolute Gasteiger partial charge is 0.244 e. The number of thioether (sulfide) groups is 1. The van der Waals surface area contributed by atoms with Crippen molar-refractivity contribution >= 4 is 44.0 Å². The quantitative estimate of drug-likeness (QED) is 0.802. The van der Waals surface area contributed by atoms with E-state index >= 15 is 0 Å². The molecule has 0 spiro atoms. The highest BCUT2D eigenvalue weighted by Gasteiger charge is 2.44. The SMILES string of the molecule is Cc1cccc(N(CC(=O)Nc2ccc(F)cc2)C2=N[C@H]3CS(=O)(=O)C[C@H]3S2)c1. The van der Waals surface area contributed by atoms with Gasteiger partial charge in [-0.05, 0) is 48.9 Å². The van der Waals surface area contributed by atoms with Crippen molar-refractivity contribution in [2.75, 3.05) is 28.3 Å². The van der Waals surface area contributed by atoms with E-state index in [-0.39, 0.29) is 41.1 Å². The van der Waals surface area contributed by atoms with Gasteiger partial charge in [0.2, 0.25) is 5.91 Å². The number of sulfone groups is 1. The molecule has 2 aromatic rings. The fourth-order valence-corrected chi connectivity index (χ4v) is 7.19. The Hall–Kier alpha value is -2.39. The molecular weight excluding hydrogens is 413 g/mol. The third kappa shape index (κ3) is 4.62. The number of aryl methyl sites for hydroxylation is 1. The lowest BCUT2D eigenvalue weighted by Crippen LogP contribution is -2.36. The fourth-order valence-electron chi connectivity index (χ4n) is 3.41. The first kappa shape index (κ1) is 19.9. The third-order valence-corrected chi connectivity index (χ3v) is 8.03. The molecule has 2 atom stereocenters. The fraction of sp³-hybridized carbons (Fsp3) is 0.300. The van der Waals surface area contributed by atoms with Crippen molar-refractivity contribution < 1.29 is 17.6 Å². The van der Waals surface area contributed by atoms with E-state index in [2.05, 4.69) is 10.3 Å². The number of fused-ring (bicyclic) bond motifs is 1.